The molecule has 1 saturated heterocycles. The lowest BCUT2D eigenvalue weighted by atomic mass is 9.79. The number of rotatable bonds is 7. The molecule has 2 fully saturated rings. The third-order valence-electron chi connectivity index (χ3n) is 7.74. The van der Waals surface area contributed by atoms with E-state index < -0.39 is 23.2 Å². The molecule has 0 spiro atoms. The number of alkyl halides is 3. The van der Waals surface area contributed by atoms with Crippen molar-refractivity contribution < 1.29 is 27.9 Å². The van der Waals surface area contributed by atoms with Gasteiger partial charge >= 0.3 is 6.18 Å². The summed E-state index contributed by atoms with van der Waals surface area (Å²) in [6, 6.07) is 9.81. The average Bonchev–Trinajstić information content (AvgIpc) is 3.46. The topological polar surface area (TPSA) is 120 Å². The van der Waals surface area contributed by atoms with Crippen molar-refractivity contribution in [1.29, 1.82) is 0 Å². The number of hydrogen-bond acceptors (Lipinski definition) is 7. The molecule has 216 valence electrons. The molecule has 1 saturated carbocycles. The first kappa shape index (κ1) is 28.6. The van der Waals surface area contributed by atoms with Crippen LogP contribution in [-0.2, 0) is 16.6 Å². The summed E-state index contributed by atoms with van der Waals surface area (Å²) < 4.78 is 38.8. The van der Waals surface area contributed by atoms with Gasteiger partial charge in [-0.05, 0) is 68.5 Å². The second-order valence-electron chi connectivity index (χ2n) is 10.6. The molecule has 1 unspecified atom stereocenters. The van der Waals surface area contributed by atoms with Gasteiger partial charge in [0.05, 0.1) is 17.8 Å². The van der Waals surface area contributed by atoms with Crippen LogP contribution in [0.1, 0.15) is 53.7 Å². The van der Waals surface area contributed by atoms with E-state index in [0.29, 0.717) is 37.4 Å². The van der Waals surface area contributed by atoms with E-state index in [1.807, 2.05) is 12.1 Å². The van der Waals surface area contributed by atoms with Gasteiger partial charge < -0.3 is 20.6 Å². The molecule has 41 heavy (non-hydrogen) atoms. The van der Waals surface area contributed by atoms with E-state index in [-0.39, 0.29) is 30.1 Å². The first-order valence-electron chi connectivity index (χ1n) is 13.6. The van der Waals surface area contributed by atoms with Gasteiger partial charge in [0.15, 0.2) is 5.82 Å². The molecule has 2 aromatic heterocycles. The molecule has 1 aliphatic heterocycles. The number of nitrogens with one attached hydrogen (secondary N) is 2. The number of likely N-dealkylation sites (tertiary alicyclic amines) is 1. The molecular formula is C29H31F3N6O3. The number of aliphatic hydroxyl groups is 1. The van der Waals surface area contributed by atoms with Crippen LogP contribution in [0.5, 0.6) is 0 Å². The van der Waals surface area contributed by atoms with E-state index in [1.165, 1.54) is 6.07 Å². The molecule has 5 rings (SSSR count). The fraction of sp³-hybridized carbons (Fsp3) is 0.414. The number of halogens is 3. The van der Waals surface area contributed by atoms with E-state index in [2.05, 4.69) is 25.6 Å². The van der Waals surface area contributed by atoms with Gasteiger partial charge in [-0.15, -0.1) is 0 Å². The Bertz CT molecular complexity index is 1360. The van der Waals surface area contributed by atoms with Crippen LogP contribution < -0.4 is 10.6 Å². The van der Waals surface area contributed by atoms with Crippen LogP contribution in [0.2, 0.25) is 0 Å². The Kier molecular flexibility index (Phi) is 8.32. The average molecular weight is 569 g/mol. The van der Waals surface area contributed by atoms with Crippen molar-refractivity contribution in [3.05, 3.63) is 77.9 Å². The summed E-state index contributed by atoms with van der Waals surface area (Å²) in [5.74, 6) is -0.442. The van der Waals surface area contributed by atoms with Gasteiger partial charge in [0.25, 0.3) is 5.91 Å². The summed E-state index contributed by atoms with van der Waals surface area (Å²) in [6.07, 6.45) is 3.81. The number of pyridine rings is 1. The maximum atomic E-state index is 12.9. The van der Waals surface area contributed by atoms with E-state index in [9.17, 15) is 27.9 Å². The number of aromatic nitrogens is 3. The largest absolute Gasteiger partial charge is 0.416 e. The second-order valence-corrected chi connectivity index (χ2v) is 10.6. The summed E-state index contributed by atoms with van der Waals surface area (Å²) in [5.41, 5.74) is -0.672. The Morgan fingerprint density at radius 1 is 1.00 bits per heavy atom. The smallest absolute Gasteiger partial charge is 0.384 e. The van der Waals surface area contributed by atoms with Gasteiger partial charge in [-0.25, -0.2) is 9.97 Å². The van der Waals surface area contributed by atoms with Crippen molar-refractivity contribution in [3.63, 3.8) is 0 Å². The fourth-order valence-electron chi connectivity index (χ4n) is 5.43. The summed E-state index contributed by atoms with van der Waals surface area (Å²) in [7, 11) is 0. The highest BCUT2D eigenvalue weighted by Crippen LogP contribution is 2.37. The number of hydrogen-bond donors (Lipinski definition) is 3. The van der Waals surface area contributed by atoms with Crippen LogP contribution in [0.4, 0.5) is 13.2 Å². The highest BCUT2D eigenvalue weighted by Gasteiger charge is 2.37. The number of amides is 2. The van der Waals surface area contributed by atoms with Crippen molar-refractivity contribution in [3.8, 4) is 11.4 Å². The Morgan fingerprint density at radius 2 is 1.76 bits per heavy atom. The molecule has 1 atom stereocenters. The molecule has 3 heterocycles. The predicted octanol–water partition coefficient (Wildman–Crippen LogP) is 3.31. The van der Waals surface area contributed by atoms with E-state index in [1.54, 1.807) is 29.6 Å². The summed E-state index contributed by atoms with van der Waals surface area (Å²) in [6.45, 7) is 0.706. The highest BCUT2D eigenvalue weighted by atomic mass is 19.4. The van der Waals surface area contributed by atoms with Gasteiger partial charge in [0, 0.05) is 54.9 Å². The van der Waals surface area contributed by atoms with Crippen LogP contribution in [0.25, 0.3) is 11.4 Å². The zero-order chi connectivity index (χ0) is 29.0. The predicted molar refractivity (Wildman–Crippen MR) is 143 cm³/mol. The van der Waals surface area contributed by atoms with Gasteiger partial charge in [0.1, 0.15) is 5.60 Å². The lowest BCUT2D eigenvalue weighted by molar-refractivity contribution is -0.137. The van der Waals surface area contributed by atoms with Crippen molar-refractivity contribution in [1.82, 2.24) is 30.5 Å². The zero-order valence-corrected chi connectivity index (χ0v) is 22.3. The van der Waals surface area contributed by atoms with Crippen molar-refractivity contribution in [2.75, 3.05) is 19.6 Å². The first-order valence-corrected chi connectivity index (χ1v) is 13.6. The first-order chi connectivity index (χ1) is 19.6. The van der Waals surface area contributed by atoms with Crippen molar-refractivity contribution in [2.24, 2.45) is 0 Å². The molecule has 1 aromatic carbocycles. The lowest BCUT2D eigenvalue weighted by Gasteiger charge is -2.37. The highest BCUT2D eigenvalue weighted by molar-refractivity contribution is 5.96. The molecule has 9 nitrogen and oxygen atoms in total. The molecule has 2 amide bonds. The molecule has 0 bridgehead atoms. The third kappa shape index (κ3) is 6.88. The number of nitrogens with zero attached hydrogens (tertiary/aromatic N) is 4. The van der Waals surface area contributed by atoms with Gasteiger partial charge in [0.2, 0.25) is 5.91 Å². The quantitative estimate of drug-likeness (QED) is 0.400. The van der Waals surface area contributed by atoms with Crippen LogP contribution in [0.3, 0.4) is 0 Å². The maximum absolute atomic E-state index is 12.9. The minimum absolute atomic E-state index is 0.0811. The minimum atomic E-state index is -4.55. The Balaban J connectivity index is 1.06. The van der Waals surface area contributed by atoms with Gasteiger partial charge in [-0.2, -0.15) is 13.2 Å². The van der Waals surface area contributed by atoms with Gasteiger partial charge in [-0.1, -0.05) is 6.07 Å². The van der Waals surface area contributed by atoms with Crippen LogP contribution >= 0.6 is 0 Å². The molecule has 0 radical (unpaired) electrons. The normalized spacial score (nSPS) is 22.9. The maximum Gasteiger partial charge on any atom is 0.416 e. The van der Waals surface area contributed by atoms with Crippen molar-refractivity contribution in [2.45, 2.75) is 56.0 Å². The monoisotopic (exact) mass is 568 g/mol. The number of benzene rings is 1. The number of carbonyl (C=O) groups excluding carboxylic acids is 2. The molecular weight excluding hydrogens is 537 g/mol. The standard InChI is InChI=1S/C29H31F3N6O3/c30-29(31,32)21-4-1-3-19(15-21)27(40)36-17-25(39)38-14-9-23(18-38)37-22-7-10-28(41,11-8-22)24-6-5-20(16-35-24)26-33-12-2-13-34-26/h1-6,12-13,15-16,22-23,37,41H,7-11,14,17-18H2,(H,36,40). The molecule has 3 aromatic rings. The van der Waals surface area contributed by atoms with E-state index in [4.69, 9.17) is 0 Å². The van der Waals surface area contributed by atoms with E-state index >= 15 is 0 Å². The van der Waals surface area contributed by atoms with Crippen molar-refractivity contribution >= 4 is 11.8 Å². The van der Waals surface area contributed by atoms with Gasteiger partial charge in [-0.3, -0.25) is 14.6 Å². The Labute approximate surface area is 235 Å². The molecule has 12 heteroatoms. The number of carbonyl (C=O) groups is 2. The summed E-state index contributed by atoms with van der Waals surface area (Å²) in [4.78, 5) is 39.6. The van der Waals surface area contributed by atoms with Crippen LogP contribution in [0.15, 0.2) is 61.1 Å². The van der Waals surface area contributed by atoms with Crippen LogP contribution in [0, 0.1) is 0 Å². The third-order valence-corrected chi connectivity index (χ3v) is 7.74. The lowest BCUT2D eigenvalue weighted by Crippen LogP contribution is -2.46. The summed E-state index contributed by atoms with van der Waals surface area (Å²) in [5, 5.41) is 17.3. The Hall–Kier alpha value is -3.90. The molecule has 3 N–H and O–H groups in total. The van der Waals surface area contributed by atoms with Crippen LogP contribution in [-0.4, -0.2) is 68.5 Å². The second kappa shape index (κ2) is 11.9. The molecule has 1 aliphatic carbocycles. The Morgan fingerprint density at radius 3 is 2.44 bits per heavy atom. The molecule has 2 aliphatic rings. The summed E-state index contributed by atoms with van der Waals surface area (Å²) >= 11 is 0. The zero-order valence-electron chi connectivity index (χ0n) is 22.3. The fourth-order valence-corrected chi connectivity index (χ4v) is 5.43. The minimum Gasteiger partial charge on any atom is -0.384 e. The van der Waals surface area contributed by atoms with E-state index in [0.717, 1.165) is 43.0 Å². The SMILES string of the molecule is O=C(NCC(=O)N1CCC(NC2CCC(O)(c3ccc(-c4ncccn4)cn3)CC2)C1)c1cccc(C(F)(F)F)c1.